The lowest BCUT2D eigenvalue weighted by Crippen LogP contribution is -2.10. The van der Waals surface area contributed by atoms with Gasteiger partial charge in [0.05, 0.1) is 6.54 Å². The zero-order valence-electron chi connectivity index (χ0n) is 8.69. The SMILES string of the molecule is CCCCCCC#CCN(C)C. The first kappa shape index (κ1) is 11.5. The molecule has 0 saturated carbocycles. The second kappa shape index (κ2) is 8.62. The maximum Gasteiger partial charge on any atom is 0.0596 e. The molecule has 0 atom stereocenters. The van der Waals surface area contributed by atoms with Crippen molar-refractivity contribution in [3.63, 3.8) is 0 Å². The Hall–Kier alpha value is -0.480. The van der Waals surface area contributed by atoms with Crippen molar-refractivity contribution >= 4 is 0 Å². The van der Waals surface area contributed by atoms with Crippen LogP contribution in [-0.4, -0.2) is 25.5 Å². The fraction of sp³-hybridized carbons (Fsp3) is 0.818. The summed E-state index contributed by atoms with van der Waals surface area (Å²) >= 11 is 0. The standard InChI is InChI=1S/C11H21N/c1-4-5-6-7-8-9-10-11-12(2)3/h4-8,11H2,1-3H3. The Kier molecular flexibility index (Phi) is 8.27. The molecule has 0 aromatic heterocycles. The van der Waals surface area contributed by atoms with Crippen molar-refractivity contribution in [1.82, 2.24) is 4.90 Å². The molecule has 0 radical (unpaired) electrons. The van der Waals surface area contributed by atoms with Gasteiger partial charge < -0.3 is 0 Å². The molecule has 0 aliphatic heterocycles. The van der Waals surface area contributed by atoms with E-state index in [1.165, 1.54) is 25.7 Å². The van der Waals surface area contributed by atoms with Gasteiger partial charge in [-0.1, -0.05) is 32.1 Å². The van der Waals surface area contributed by atoms with E-state index >= 15 is 0 Å². The molecule has 0 aromatic carbocycles. The van der Waals surface area contributed by atoms with Crippen LogP contribution in [0.25, 0.3) is 0 Å². The van der Waals surface area contributed by atoms with Crippen LogP contribution in [0.3, 0.4) is 0 Å². The maximum atomic E-state index is 3.18. The largest absolute Gasteiger partial charge is 0.299 e. The van der Waals surface area contributed by atoms with Crippen LogP contribution in [0.1, 0.15) is 39.0 Å². The van der Waals surface area contributed by atoms with Gasteiger partial charge in [-0.05, 0) is 20.5 Å². The summed E-state index contributed by atoms with van der Waals surface area (Å²) in [6, 6.07) is 0. The van der Waals surface area contributed by atoms with Gasteiger partial charge in [0.2, 0.25) is 0 Å². The van der Waals surface area contributed by atoms with E-state index in [1.54, 1.807) is 0 Å². The third-order valence-electron chi connectivity index (χ3n) is 1.68. The van der Waals surface area contributed by atoms with Crippen molar-refractivity contribution in [2.24, 2.45) is 0 Å². The average Bonchev–Trinajstić information content (AvgIpc) is 2.02. The Morgan fingerprint density at radius 1 is 1.00 bits per heavy atom. The Bertz CT molecular complexity index is 139. The summed E-state index contributed by atoms with van der Waals surface area (Å²) in [5.41, 5.74) is 0. The molecule has 0 spiro atoms. The summed E-state index contributed by atoms with van der Waals surface area (Å²) in [4.78, 5) is 2.10. The molecule has 0 aliphatic rings. The highest BCUT2D eigenvalue weighted by Crippen LogP contribution is 2.00. The van der Waals surface area contributed by atoms with Gasteiger partial charge in [-0.3, -0.25) is 4.90 Å². The van der Waals surface area contributed by atoms with Crippen LogP contribution in [0, 0.1) is 11.8 Å². The Labute approximate surface area is 77.1 Å². The van der Waals surface area contributed by atoms with E-state index in [4.69, 9.17) is 0 Å². The smallest absolute Gasteiger partial charge is 0.0596 e. The molecule has 0 heterocycles. The fourth-order valence-corrected chi connectivity index (χ4v) is 0.943. The molecule has 0 bridgehead atoms. The van der Waals surface area contributed by atoms with Gasteiger partial charge in [0.25, 0.3) is 0 Å². The molecular weight excluding hydrogens is 146 g/mol. The number of unbranched alkanes of at least 4 members (excludes halogenated alkanes) is 4. The average molecular weight is 167 g/mol. The second-order valence-electron chi connectivity index (χ2n) is 3.40. The van der Waals surface area contributed by atoms with E-state index in [2.05, 4.69) is 23.7 Å². The third kappa shape index (κ3) is 9.52. The van der Waals surface area contributed by atoms with E-state index in [-0.39, 0.29) is 0 Å². The lowest BCUT2D eigenvalue weighted by molar-refractivity contribution is 0.463. The summed E-state index contributed by atoms with van der Waals surface area (Å²) in [5, 5.41) is 0. The molecule has 12 heavy (non-hydrogen) atoms. The van der Waals surface area contributed by atoms with Crippen molar-refractivity contribution in [2.45, 2.75) is 39.0 Å². The number of rotatable bonds is 5. The van der Waals surface area contributed by atoms with Crippen molar-refractivity contribution in [3.05, 3.63) is 0 Å². The number of hydrogen-bond donors (Lipinski definition) is 0. The van der Waals surface area contributed by atoms with Crippen molar-refractivity contribution in [2.75, 3.05) is 20.6 Å². The van der Waals surface area contributed by atoms with Gasteiger partial charge >= 0.3 is 0 Å². The van der Waals surface area contributed by atoms with Gasteiger partial charge in [0, 0.05) is 6.42 Å². The lowest BCUT2D eigenvalue weighted by atomic mass is 10.2. The highest BCUT2D eigenvalue weighted by Gasteiger charge is 1.84. The fourth-order valence-electron chi connectivity index (χ4n) is 0.943. The quantitative estimate of drug-likeness (QED) is 0.449. The topological polar surface area (TPSA) is 3.24 Å². The Morgan fingerprint density at radius 3 is 2.33 bits per heavy atom. The minimum Gasteiger partial charge on any atom is -0.299 e. The summed E-state index contributed by atoms with van der Waals surface area (Å²) in [6.45, 7) is 3.13. The first-order chi connectivity index (χ1) is 5.77. The van der Waals surface area contributed by atoms with Gasteiger partial charge in [-0.25, -0.2) is 0 Å². The third-order valence-corrected chi connectivity index (χ3v) is 1.68. The second-order valence-corrected chi connectivity index (χ2v) is 3.40. The molecule has 0 unspecified atom stereocenters. The molecule has 0 amide bonds. The molecule has 0 aliphatic carbocycles. The number of nitrogens with zero attached hydrogens (tertiary/aromatic N) is 1. The molecule has 0 rings (SSSR count). The summed E-state index contributed by atoms with van der Waals surface area (Å²) in [7, 11) is 4.09. The lowest BCUT2D eigenvalue weighted by Gasteiger charge is -2.00. The highest BCUT2D eigenvalue weighted by molar-refractivity contribution is 5.00. The van der Waals surface area contributed by atoms with Crippen LogP contribution in [0.2, 0.25) is 0 Å². The van der Waals surface area contributed by atoms with Gasteiger partial charge in [0.15, 0.2) is 0 Å². The van der Waals surface area contributed by atoms with Crippen molar-refractivity contribution in [1.29, 1.82) is 0 Å². The van der Waals surface area contributed by atoms with Crippen LogP contribution in [-0.2, 0) is 0 Å². The molecule has 0 N–H and O–H groups in total. The Morgan fingerprint density at radius 2 is 1.75 bits per heavy atom. The first-order valence-electron chi connectivity index (χ1n) is 4.87. The Balaban J connectivity index is 3.10. The highest BCUT2D eigenvalue weighted by atomic mass is 15.0. The molecule has 70 valence electrons. The van der Waals surface area contributed by atoms with E-state index in [9.17, 15) is 0 Å². The van der Waals surface area contributed by atoms with Gasteiger partial charge in [-0.2, -0.15) is 0 Å². The molecular formula is C11H21N. The normalized spacial score (nSPS) is 9.67. The molecule has 1 nitrogen and oxygen atoms in total. The van der Waals surface area contributed by atoms with Gasteiger partial charge in [0.1, 0.15) is 0 Å². The molecule has 0 fully saturated rings. The zero-order valence-corrected chi connectivity index (χ0v) is 8.69. The van der Waals surface area contributed by atoms with Crippen LogP contribution >= 0.6 is 0 Å². The minimum atomic E-state index is 0.897. The van der Waals surface area contributed by atoms with Crippen molar-refractivity contribution in [3.8, 4) is 11.8 Å². The predicted molar refractivity (Wildman–Crippen MR) is 55.1 cm³/mol. The van der Waals surface area contributed by atoms with Crippen LogP contribution in [0.4, 0.5) is 0 Å². The monoisotopic (exact) mass is 167 g/mol. The molecule has 1 heteroatoms. The maximum absolute atomic E-state index is 3.18. The van der Waals surface area contributed by atoms with Crippen molar-refractivity contribution < 1.29 is 0 Å². The van der Waals surface area contributed by atoms with Gasteiger partial charge in [-0.15, -0.1) is 5.92 Å². The van der Waals surface area contributed by atoms with Crippen LogP contribution < -0.4 is 0 Å². The van der Waals surface area contributed by atoms with Crippen LogP contribution in [0.15, 0.2) is 0 Å². The summed E-state index contributed by atoms with van der Waals surface area (Å²) < 4.78 is 0. The first-order valence-corrected chi connectivity index (χ1v) is 4.87. The molecule has 0 saturated heterocycles. The van der Waals surface area contributed by atoms with E-state index in [0.717, 1.165) is 13.0 Å². The van der Waals surface area contributed by atoms with E-state index in [0.29, 0.717) is 0 Å². The molecule has 0 aromatic rings. The van der Waals surface area contributed by atoms with Crippen LogP contribution in [0.5, 0.6) is 0 Å². The summed E-state index contributed by atoms with van der Waals surface area (Å²) in [5.74, 6) is 6.32. The number of hydrogen-bond acceptors (Lipinski definition) is 1. The van der Waals surface area contributed by atoms with E-state index in [1.807, 2.05) is 14.1 Å². The zero-order chi connectivity index (χ0) is 9.23. The van der Waals surface area contributed by atoms with E-state index < -0.39 is 0 Å². The minimum absolute atomic E-state index is 0.897. The summed E-state index contributed by atoms with van der Waals surface area (Å²) in [6.07, 6.45) is 6.36. The predicted octanol–water partition coefficient (Wildman–Crippen LogP) is 2.52.